The summed E-state index contributed by atoms with van der Waals surface area (Å²) in [6, 6.07) is 39.3. The molecule has 2 atom stereocenters. The number of hydrogen-bond donors (Lipinski definition) is 2. The quantitative estimate of drug-likeness (QED) is 0.130. The van der Waals surface area contributed by atoms with Crippen molar-refractivity contribution in [3.63, 3.8) is 0 Å². The van der Waals surface area contributed by atoms with E-state index in [0.717, 1.165) is 48.6 Å². The van der Waals surface area contributed by atoms with Gasteiger partial charge in [-0.25, -0.2) is 0 Å². The Morgan fingerprint density at radius 3 is 1.98 bits per heavy atom. The molecule has 8 heteroatoms. The van der Waals surface area contributed by atoms with Gasteiger partial charge < -0.3 is 20.5 Å². The maximum Gasteiger partial charge on any atom is 0.255 e. The fourth-order valence-corrected chi connectivity index (χ4v) is 6.51. The lowest BCUT2D eigenvalue weighted by Crippen LogP contribution is -2.56. The average Bonchev–Trinajstić information content (AvgIpc) is 3.12. The summed E-state index contributed by atoms with van der Waals surface area (Å²) in [7, 11) is 3.21. The van der Waals surface area contributed by atoms with Crippen molar-refractivity contribution in [3.05, 3.63) is 126 Å². The van der Waals surface area contributed by atoms with Gasteiger partial charge in [0.05, 0.1) is 42.1 Å². The molecule has 4 aromatic carbocycles. The van der Waals surface area contributed by atoms with Crippen molar-refractivity contribution in [2.24, 2.45) is 0 Å². The van der Waals surface area contributed by atoms with Crippen molar-refractivity contribution < 1.29 is 18.8 Å². The summed E-state index contributed by atoms with van der Waals surface area (Å²) in [5.74, 6) is 0.118. The van der Waals surface area contributed by atoms with E-state index >= 15 is 0 Å². The molecule has 240 valence electrons. The third-order valence-corrected chi connectivity index (χ3v) is 9.21. The number of halogens is 1. The first-order chi connectivity index (χ1) is 22.9. The van der Waals surface area contributed by atoms with E-state index in [9.17, 15) is 4.79 Å². The molecule has 0 aliphatic carbocycles. The maximum atomic E-state index is 13.3. The minimum atomic E-state index is -0.265. The van der Waals surface area contributed by atoms with E-state index in [0.29, 0.717) is 28.6 Å². The van der Waals surface area contributed by atoms with E-state index in [4.69, 9.17) is 26.8 Å². The largest absolute Gasteiger partial charge is 0.496 e. The number of nitrogens with one attached hydrogen (secondary N) is 1. The molecule has 0 radical (unpaired) electrons. The van der Waals surface area contributed by atoms with Gasteiger partial charge in [-0.2, -0.15) is 4.57 Å². The van der Waals surface area contributed by atoms with Crippen molar-refractivity contribution in [1.82, 2.24) is 10.2 Å². The van der Waals surface area contributed by atoms with Crippen LogP contribution in [0.5, 0.6) is 5.75 Å². The van der Waals surface area contributed by atoms with Crippen LogP contribution in [0.4, 0.5) is 5.69 Å². The van der Waals surface area contributed by atoms with Crippen molar-refractivity contribution in [2.75, 3.05) is 39.6 Å². The highest BCUT2D eigenvalue weighted by atomic mass is 35.5. The van der Waals surface area contributed by atoms with Crippen LogP contribution < -0.4 is 20.4 Å². The Morgan fingerprint density at radius 1 is 0.851 bits per heavy atom. The number of rotatable bonds is 10. The molecule has 2 unspecified atom stereocenters. The van der Waals surface area contributed by atoms with Crippen LogP contribution in [0.2, 0.25) is 5.02 Å². The highest BCUT2D eigenvalue weighted by Crippen LogP contribution is 2.31. The third-order valence-electron chi connectivity index (χ3n) is 8.88. The molecule has 0 bridgehead atoms. The van der Waals surface area contributed by atoms with Crippen LogP contribution in [0.3, 0.4) is 0 Å². The number of aromatic nitrogens is 1. The van der Waals surface area contributed by atoms with Crippen LogP contribution >= 0.6 is 11.6 Å². The molecule has 6 rings (SSSR count). The lowest BCUT2D eigenvalue weighted by molar-refractivity contribution is -0.675. The first-order valence-corrected chi connectivity index (χ1v) is 16.3. The SMILES string of the molecule is COc1cc(N)c(Cl)cc1C(=O)NC1CCN(CC[n+]2c(-c3ccccc3)cc(-c3ccccc3)cc2-c2ccccc2)CC1OC. The monoisotopic (exact) mass is 647 g/mol. The second-order valence-corrected chi connectivity index (χ2v) is 12.2. The Hall–Kier alpha value is -4.69. The van der Waals surface area contributed by atoms with Gasteiger partial charge in [-0.05, 0) is 47.9 Å². The average molecular weight is 648 g/mol. The number of ether oxygens (including phenoxy) is 2. The summed E-state index contributed by atoms with van der Waals surface area (Å²) in [4.78, 5) is 15.7. The van der Waals surface area contributed by atoms with Gasteiger partial charge in [0.15, 0.2) is 6.54 Å². The predicted octanol–water partition coefficient (Wildman–Crippen LogP) is 6.74. The minimum Gasteiger partial charge on any atom is -0.496 e. The van der Waals surface area contributed by atoms with Gasteiger partial charge in [-0.1, -0.05) is 78.3 Å². The fraction of sp³-hybridized carbons (Fsp3) is 0.231. The van der Waals surface area contributed by atoms with Crippen LogP contribution in [0.1, 0.15) is 16.8 Å². The highest BCUT2D eigenvalue weighted by Gasteiger charge is 2.32. The molecule has 1 aliphatic rings. The Balaban J connectivity index is 1.26. The Morgan fingerprint density at radius 2 is 1.43 bits per heavy atom. The first-order valence-electron chi connectivity index (χ1n) is 15.9. The topological polar surface area (TPSA) is 80.7 Å². The van der Waals surface area contributed by atoms with Crippen molar-refractivity contribution >= 4 is 23.2 Å². The lowest BCUT2D eigenvalue weighted by Gasteiger charge is -2.37. The first kappa shape index (κ1) is 32.3. The summed E-state index contributed by atoms with van der Waals surface area (Å²) < 4.78 is 13.8. The lowest BCUT2D eigenvalue weighted by atomic mass is 9.98. The van der Waals surface area contributed by atoms with Gasteiger partial charge in [0.2, 0.25) is 11.4 Å². The molecule has 0 spiro atoms. The van der Waals surface area contributed by atoms with Crippen LogP contribution in [0.25, 0.3) is 33.6 Å². The Labute approximate surface area is 281 Å². The van der Waals surface area contributed by atoms with Crippen molar-refractivity contribution in [2.45, 2.75) is 25.1 Å². The zero-order valence-electron chi connectivity index (χ0n) is 26.7. The Bertz CT molecular complexity index is 1760. The normalized spacial score (nSPS) is 16.5. The molecular weight excluding hydrogens is 608 g/mol. The second kappa shape index (κ2) is 14.8. The number of hydrogen-bond acceptors (Lipinski definition) is 5. The minimum absolute atomic E-state index is 0.164. The molecule has 1 aliphatic heterocycles. The predicted molar refractivity (Wildman–Crippen MR) is 188 cm³/mol. The number of anilines is 1. The molecule has 7 nitrogen and oxygen atoms in total. The molecule has 1 saturated heterocycles. The van der Waals surface area contributed by atoms with Gasteiger partial charge >= 0.3 is 0 Å². The fourth-order valence-electron chi connectivity index (χ4n) is 6.35. The van der Waals surface area contributed by atoms with Gasteiger partial charge in [0, 0.05) is 49.5 Å². The van der Waals surface area contributed by atoms with Gasteiger partial charge in [-0.15, -0.1) is 0 Å². The summed E-state index contributed by atoms with van der Waals surface area (Å²) in [6.07, 6.45) is 0.555. The van der Waals surface area contributed by atoms with E-state index in [2.05, 4.69) is 118 Å². The molecular formula is C39H40ClN4O3+. The van der Waals surface area contributed by atoms with Crippen LogP contribution in [-0.2, 0) is 11.3 Å². The molecule has 47 heavy (non-hydrogen) atoms. The van der Waals surface area contributed by atoms with Crippen LogP contribution in [0, 0.1) is 0 Å². The molecule has 0 saturated carbocycles. The molecule has 1 amide bonds. The number of amides is 1. The van der Waals surface area contributed by atoms with E-state index < -0.39 is 0 Å². The zero-order valence-corrected chi connectivity index (χ0v) is 27.5. The number of pyridine rings is 1. The summed E-state index contributed by atoms with van der Waals surface area (Å²) in [6.45, 7) is 3.09. The van der Waals surface area contributed by atoms with E-state index in [1.54, 1.807) is 19.2 Å². The number of carbonyl (C=O) groups excluding carboxylic acids is 1. The number of benzene rings is 4. The third kappa shape index (κ3) is 7.33. The summed E-state index contributed by atoms with van der Waals surface area (Å²) in [5.41, 5.74) is 13.6. The highest BCUT2D eigenvalue weighted by molar-refractivity contribution is 6.33. The second-order valence-electron chi connectivity index (χ2n) is 11.8. The van der Waals surface area contributed by atoms with Gasteiger partial charge in [-0.3, -0.25) is 9.69 Å². The zero-order chi connectivity index (χ0) is 32.8. The summed E-state index contributed by atoms with van der Waals surface area (Å²) in [5, 5.41) is 3.47. The van der Waals surface area contributed by atoms with Crippen LogP contribution in [0.15, 0.2) is 115 Å². The number of nitrogen functional groups attached to an aromatic ring is 1. The number of nitrogens with two attached hydrogens (primary N) is 1. The van der Waals surface area contributed by atoms with Crippen molar-refractivity contribution in [1.29, 1.82) is 0 Å². The maximum absolute atomic E-state index is 13.3. The number of methoxy groups -OCH3 is 2. The van der Waals surface area contributed by atoms with Crippen LogP contribution in [-0.4, -0.2) is 56.8 Å². The number of piperidine rings is 1. The molecule has 1 aromatic heterocycles. The number of likely N-dealkylation sites (tertiary alicyclic amines) is 1. The number of nitrogens with zero attached hydrogens (tertiary/aromatic N) is 2. The van der Waals surface area contributed by atoms with Crippen molar-refractivity contribution in [3.8, 4) is 39.4 Å². The standard InChI is InChI=1S/C39H39ClN4O3/c1-46-37-25-33(41)32(40)24-31(37)39(45)42-34-18-19-43(26-38(34)47-2)20-21-44-35(28-14-8-4-9-15-28)22-30(27-12-6-3-7-13-27)23-36(44)29-16-10-5-11-17-29/h3-17,22-25,34,38H,18-21,26H2,1-2H3,(H2-,41,42,45)/p+1. The molecule has 2 heterocycles. The van der Waals surface area contributed by atoms with E-state index in [-0.39, 0.29) is 18.1 Å². The summed E-state index contributed by atoms with van der Waals surface area (Å²) >= 11 is 6.24. The van der Waals surface area contributed by atoms with Gasteiger partial charge in [0.1, 0.15) is 5.75 Å². The smallest absolute Gasteiger partial charge is 0.255 e. The molecule has 5 aromatic rings. The number of carbonyl (C=O) groups is 1. The van der Waals surface area contributed by atoms with Gasteiger partial charge in [0.25, 0.3) is 5.91 Å². The molecule has 3 N–H and O–H groups in total. The van der Waals surface area contributed by atoms with E-state index in [1.165, 1.54) is 18.2 Å². The molecule has 1 fully saturated rings. The Kier molecular flexibility index (Phi) is 10.2. The van der Waals surface area contributed by atoms with E-state index in [1.807, 2.05) is 0 Å².